The molecule has 2 N–H and O–H groups in total. The molecule has 1 aliphatic carbocycles. The Morgan fingerprint density at radius 3 is 2.75 bits per heavy atom. The van der Waals surface area contributed by atoms with Crippen molar-refractivity contribution in [3.8, 4) is 5.75 Å². The number of fused-ring (bicyclic) bond motifs is 1. The largest absolute Gasteiger partial charge is 0.487 e. The van der Waals surface area contributed by atoms with Gasteiger partial charge in [-0.3, -0.25) is 0 Å². The third-order valence-corrected chi connectivity index (χ3v) is 5.15. The fraction of sp³-hybridized carbons (Fsp3) is 0.667. The van der Waals surface area contributed by atoms with Gasteiger partial charge >= 0.3 is 0 Å². The third-order valence-electron chi connectivity index (χ3n) is 5.15. The van der Waals surface area contributed by atoms with Gasteiger partial charge in [0.1, 0.15) is 11.4 Å². The topological polar surface area (TPSA) is 35.2 Å². The van der Waals surface area contributed by atoms with E-state index in [9.17, 15) is 0 Å². The van der Waals surface area contributed by atoms with Gasteiger partial charge in [-0.05, 0) is 74.6 Å². The van der Waals surface area contributed by atoms with Crippen LogP contribution in [0.3, 0.4) is 0 Å². The van der Waals surface area contributed by atoms with Crippen LogP contribution in [-0.2, 0) is 6.42 Å². The summed E-state index contributed by atoms with van der Waals surface area (Å²) in [5, 5.41) is 0. The summed E-state index contributed by atoms with van der Waals surface area (Å²) in [7, 11) is 0. The first-order valence-corrected chi connectivity index (χ1v) is 8.28. The van der Waals surface area contributed by atoms with E-state index >= 15 is 0 Å². The molecular formula is C18H27NO. The highest BCUT2D eigenvalue weighted by Crippen LogP contribution is 2.48. The van der Waals surface area contributed by atoms with Gasteiger partial charge in [-0.1, -0.05) is 25.5 Å². The van der Waals surface area contributed by atoms with Gasteiger partial charge in [-0.25, -0.2) is 0 Å². The van der Waals surface area contributed by atoms with Crippen LogP contribution in [-0.4, -0.2) is 12.1 Å². The average Bonchev–Trinajstić information content (AvgIpc) is 2.48. The predicted molar refractivity (Wildman–Crippen MR) is 83.3 cm³/mol. The van der Waals surface area contributed by atoms with E-state index in [1.165, 1.54) is 49.7 Å². The van der Waals surface area contributed by atoms with Crippen molar-refractivity contribution < 1.29 is 4.74 Å². The molecule has 3 rings (SSSR count). The Morgan fingerprint density at radius 2 is 2.05 bits per heavy atom. The SMILES string of the molecule is CCc1ccc2c(c1)C(CCN)CC1(CCCCC1)O2. The number of hydrogen-bond acceptors (Lipinski definition) is 2. The van der Waals surface area contributed by atoms with Crippen molar-refractivity contribution in [1.82, 2.24) is 0 Å². The Morgan fingerprint density at radius 1 is 1.25 bits per heavy atom. The van der Waals surface area contributed by atoms with Crippen LogP contribution in [0.15, 0.2) is 18.2 Å². The highest BCUT2D eigenvalue weighted by Gasteiger charge is 2.41. The average molecular weight is 273 g/mol. The van der Waals surface area contributed by atoms with Gasteiger partial charge < -0.3 is 10.5 Å². The Hall–Kier alpha value is -1.02. The molecule has 2 nitrogen and oxygen atoms in total. The maximum absolute atomic E-state index is 6.50. The van der Waals surface area contributed by atoms with Gasteiger partial charge in [0, 0.05) is 0 Å². The minimum absolute atomic E-state index is 0.110. The van der Waals surface area contributed by atoms with Gasteiger partial charge in [0.25, 0.3) is 0 Å². The van der Waals surface area contributed by atoms with Crippen LogP contribution in [0.4, 0.5) is 0 Å². The summed E-state index contributed by atoms with van der Waals surface area (Å²) in [6.07, 6.45) is 9.80. The van der Waals surface area contributed by atoms with E-state index < -0.39 is 0 Å². The fourth-order valence-electron chi connectivity index (χ4n) is 4.02. The molecule has 0 bridgehead atoms. The van der Waals surface area contributed by atoms with Crippen molar-refractivity contribution in [2.75, 3.05) is 6.54 Å². The number of benzene rings is 1. The van der Waals surface area contributed by atoms with Crippen molar-refractivity contribution in [2.45, 2.75) is 69.8 Å². The van der Waals surface area contributed by atoms with E-state index in [1.807, 2.05) is 0 Å². The summed E-state index contributed by atoms with van der Waals surface area (Å²) in [6, 6.07) is 6.78. The molecule has 1 aromatic carbocycles. The van der Waals surface area contributed by atoms with Crippen molar-refractivity contribution in [3.63, 3.8) is 0 Å². The highest BCUT2D eigenvalue weighted by atomic mass is 16.5. The summed E-state index contributed by atoms with van der Waals surface area (Å²) >= 11 is 0. The Kier molecular flexibility index (Phi) is 4.02. The molecule has 1 saturated carbocycles. The van der Waals surface area contributed by atoms with Gasteiger partial charge in [0.05, 0.1) is 0 Å². The Balaban J connectivity index is 1.93. The molecule has 20 heavy (non-hydrogen) atoms. The summed E-state index contributed by atoms with van der Waals surface area (Å²) in [6.45, 7) is 2.99. The molecule has 2 aliphatic rings. The van der Waals surface area contributed by atoms with Crippen molar-refractivity contribution in [1.29, 1.82) is 0 Å². The number of ether oxygens (including phenoxy) is 1. The molecule has 0 aromatic heterocycles. The van der Waals surface area contributed by atoms with Crippen LogP contribution in [0.2, 0.25) is 0 Å². The van der Waals surface area contributed by atoms with Gasteiger partial charge in [0.2, 0.25) is 0 Å². The lowest BCUT2D eigenvalue weighted by atomic mass is 9.73. The first-order valence-electron chi connectivity index (χ1n) is 8.28. The standard InChI is InChI=1S/C18H27NO/c1-2-14-6-7-17-16(12-14)15(8-11-19)13-18(20-17)9-4-3-5-10-18/h6-7,12,15H,2-5,8-11,13,19H2,1H3. The zero-order chi connectivity index (χ0) is 14.0. The molecule has 0 amide bonds. The van der Waals surface area contributed by atoms with Gasteiger partial charge in [0.15, 0.2) is 0 Å². The number of nitrogens with two attached hydrogens (primary N) is 1. The van der Waals surface area contributed by atoms with Crippen LogP contribution < -0.4 is 10.5 Å². The highest BCUT2D eigenvalue weighted by molar-refractivity contribution is 5.42. The monoisotopic (exact) mass is 273 g/mol. The molecule has 1 aromatic rings. The third kappa shape index (κ3) is 2.58. The maximum Gasteiger partial charge on any atom is 0.123 e. The maximum atomic E-state index is 6.50. The lowest BCUT2D eigenvalue weighted by Gasteiger charge is -2.44. The van der Waals surface area contributed by atoms with Crippen LogP contribution in [0.1, 0.15) is 68.9 Å². The molecule has 110 valence electrons. The van der Waals surface area contributed by atoms with E-state index in [-0.39, 0.29) is 5.60 Å². The zero-order valence-electron chi connectivity index (χ0n) is 12.7. The molecule has 1 fully saturated rings. The minimum atomic E-state index is 0.110. The first kappa shape index (κ1) is 13.9. The van der Waals surface area contributed by atoms with E-state index in [0.717, 1.165) is 25.1 Å². The Bertz CT molecular complexity index is 462. The summed E-state index contributed by atoms with van der Waals surface area (Å²) in [5.41, 5.74) is 8.79. The van der Waals surface area contributed by atoms with Crippen LogP contribution in [0.5, 0.6) is 5.75 Å². The minimum Gasteiger partial charge on any atom is -0.487 e. The van der Waals surface area contributed by atoms with Crippen LogP contribution in [0.25, 0.3) is 0 Å². The van der Waals surface area contributed by atoms with Crippen molar-refractivity contribution in [3.05, 3.63) is 29.3 Å². The second-order valence-electron chi connectivity index (χ2n) is 6.55. The predicted octanol–water partition coefficient (Wildman–Crippen LogP) is 4.17. The smallest absolute Gasteiger partial charge is 0.123 e. The molecule has 1 spiro atoms. The van der Waals surface area contributed by atoms with Gasteiger partial charge in [-0.2, -0.15) is 0 Å². The Labute approximate surface area is 122 Å². The second kappa shape index (κ2) is 5.77. The fourth-order valence-corrected chi connectivity index (χ4v) is 4.02. The second-order valence-corrected chi connectivity index (χ2v) is 6.55. The normalized spacial score (nSPS) is 24.2. The molecule has 1 atom stereocenters. The molecule has 1 heterocycles. The number of hydrogen-bond donors (Lipinski definition) is 1. The van der Waals surface area contributed by atoms with E-state index in [1.54, 1.807) is 0 Å². The number of aryl methyl sites for hydroxylation is 1. The van der Waals surface area contributed by atoms with E-state index in [2.05, 4.69) is 25.1 Å². The number of rotatable bonds is 3. The lowest BCUT2D eigenvalue weighted by Crippen LogP contribution is -2.43. The summed E-state index contributed by atoms with van der Waals surface area (Å²) in [4.78, 5) is 0. The van der Waals surface area contributed by atoms with Crippen molar-refractivity contribution >= 4 is 0 Å². The van der Waals surface area contributed by atoms with Crippen LogP contribution in [0, 0.1) is 0 Å². The molecular weight excluding hydrogens is 246 g/mol. The summed E-state index contributed by atoms with van der Waals surface area (Å²) in [5.74, 6) is 1.72. The van der Waals surface area contributed by atoms with Crippen molar-refractivity contribution in [2.24, 2.45) is 5.73 Å². The first-order chi connectivity index (χ1) is 9.76. The molecule has 1 unspecified atom stereocenters. The molecule has 1 aliphatic heterocycles. The van der Waals surface area contributed by atoms with Crippen LogP contribution >= 0.6 is 0 Å². The van der Waals surface area contributed by atoms with E-state index in [0.29, 0.717) is 5.92 Å². The summed E-state index contributed by atoms with van der Waals surface area (Å²) < 4.78 is 6.50. The van der Waals surface area contributed by atoms with Gasteiger partial charge in [-0.15, -0.1) is 0 Å². The molecule has 2 heteroatoms. The molecule has 0 radical (unpaired) electrons. The molecule has 0 saturated heterocycles. The quantitative estimate of drug-likeness (QED) is 0.897. The lowest BCUT2D eigenvalue weighted by molar-refractivity contribution is 0.000593. The van der Waals surface area contributed by atoms with E-state index in [4.69, 9.17) is 10.5 Å². The zero-order valence-corrected chi connectivity index (χ0v) is 12.7.